The summed E-state index contributed by atoms with van der Waals surface area (Å²) in [6.07, 6.45) is 0.155. The van der Waals surface area contributed by atoms with Crippen molar-refractivity contribution in [1.29, 1.82) is 0 Å². The van der Waals surface area contributed by atoms with Crippen molar-refractivity contribution < 1.29 is 14.4 Å². The molecule has 1 heterocycles. The number of anilines is 1. The number of nitrogens with zero attached hydrogens (tertiary/aromatic N) is 1. The van der Waals surface area contributed by atoms with E-state index in [1.54, 1.807) is 54.6 Å². The molecule has 0 aromatic heterocycles. The molecule has 150 valence electrons. The van der Waals surface area contributed by atoms with E-state index in [4.69, 9.17) is 11.6 Å². The predicted molar refractivity (Wildman–Crippen MR) is 124 cm³/mol. The number of carbonyl (C=O) groups is 3. The molecule has 1 aliphatic rings. The molecule has 5 nitrogen and oxygen atoms in total. The van der Waals surface area contributed by atoms with E-state index in [2.05, 4.69) is 27.9 Å². The maximum Gasteiger partial charge on any atom is 0.262 e. The lowest BCUT2D eigenvalue weighted by Gasteiger charge is -2.25. The fraction of sp³-hybridized carbons (Fsp3) is 0.0870. The van der Waals surface area contributed by atoms with Crippen molar-refractivity contribution in [2.75, 3.05) is 5.32 Å². The van der Waals surface area contributed by atoms with Crippen LogP contribution in [0.5, 0.6) is 0 Å². The molecule has 0 fully saturated rings. The van der Waals surface area contributed by atoms with Crippen molar-refractivity contribution in [2.24, 2.45) is 0 Å². The molecule has 1 aliphatic heterocycles. The Morgan fingerprint density at radius 3 is 2.17 bits per heavy atom. The number of carbonyl (C=O) groups excluding carboxylic acids is 3. The van der Waals surface area contributed by atoms with E-state index in [0.29, 0.717) is 21.8 Å². The number of fused-ring (bicyclic) bond motifs is 1. The zero-order valence-electron chi connectivity index (χ0n) is 15.6. The number of nitrogens with one attached hydrogen (secondary N) is 1. The highest BCUT2D eigenvalue weighted by atomic mass is 127. The lowest BCUT2D eigenvalue weighted by Crippen LogP contribution is -2.48. The first kappa shape index (κ1) is 20.6. The second-order valence-corrected chi connectivity index (χ2v) is 8.55. The van der Waals surface area contributed by atoms with Crippen molar-refractivity contribution in [3.63, 3.8) is 0 Å². The van der Waals surface area contributed by atoms with Crippen molar-refractivity contribution >= 4 is 57.6 Å². The van der Waals surface area contributed by atoms with Gasteiger partial charge in [0.15, 0.2) is 0 Å². The Labute approximate surface area is 192 Å². The largest absolute Gasteiger partial charge is 0.324 e. The monoisotopic (exact) mass is 530 g/mol. The Bertz CT molecular complexity index is 1110. The Morgan fingerprint density at radius 1 is 0.933 bits per heavy atom. The van der Waals surface area contributed by atoms with Gasteiger partial charge in [-0.15, -0.1) is 0 Å². The molecule has 1 N–H and O–H groups in total. The molecular formula is C23H16ClIN2O3. The van der Waals surface area contributed by atoms with E-state index in [9.17, 15) is 14.4 Å². The first-order valence-corrected chi connectivity index (χ1v) is 10.7. The molecule has 7 heteroatoms. The average Bonchev–Trinajstić information content (AvgIpc) is 2.99. The summed E-state index contributed by atoms with van der Waals surface area (Å²) in [5, 5.41) is 3.35. The number of amides is 3. The highest BCUT2D eigenvalue weighted by Gasteiger charge is 2.42. The zero-order chi connectivity index (χ0) is 21.3. The lowest BCUT2D eigenvalue weighted by atomic mass is 10.0. The fourth-order valence-corrected chi connectivity index (χ4v) is 4.01. The number of imide groups is 1. The number of halogens is 2. The van der Waals surface area contributed by atoms with Gasteiger partial charge in [0.05, 0.1) is 11.1 Å². The maximum absolute atomic E-state index is 13.2. The molecule has 4 rings (SSSR count). The molecular weight excluding hydrogens is 515 g/mol. The third-order valence-electron chi connectivity index (χ3n) is 4.87. The van der Waals surface area contributed by atoms with Crippen LogP contribution in [-0.4, -0.2) is 28.7 Å². The minimum Gasteiger partial charge on any atom is -0.324 e. The normalized spacial score (nSPS) is 13.9. The molecule has 30 heavy (non-hydrogen) atoms. The van der Waals surface area contributed by atoms with Crippen molar-refractivity contribution in [2.45, 2.75) is 12.5 Å². The summed E-state index contributed by atoms with van der Waals surface area (Å²) in [5.41, 5.74) is 1.95. The quantitative estimate of drug-likeness (QED) is 0.381. The summed E-state index contributed by atoms with van der Waals surface area (Å²) in [4.78, 5) is 40.3. The SMILES string of the molecule is O=C(Nc1ccc(I)cc1)C(Cc1cccc(Cl)c1)N1C(=O)c2ccccc2C1=O. The standard InChI is InChI=1S/C23H16ClIN2O3/c24-15-5-3-4-14(12-15)13-20(21(28)26-17-10-8-16(25)9-11-17)27-22(29)18-6-1-2-7-19(18)23(27)30/h1-12,20H,13H2,(H,26,28). The van der Waals surface area contributed by atoms with Crippen LogP contribution >= 0.6 is 34.2 Å². The first-order chi connectivity index (χ1) is 14.4. The molecule has 3 aromatic rings. The first-order valence-electron chi connectivity index (χ1n) is 9.22. The van der Waals surface area contributed by atoms with Crippen molar-refractivity contribution in [1.82, 2.24) is 4.90 Å². The van der Waals surface area contributed by atoms with Crippen LogP contribution < -0.4 is 5.32 Å². The maximum atomic E-state index is 13.2. The van der Waals surface area contributed by atoms with E-state index in [-0.39, 0.29) is 6.42 Å². The molecule has 3 aromatic carbocycles. The summed E-state index contributed by atoms with van der Waals surface area (Å²) in [6, 6.07) is 19.9. The molecule has 1 atom stereocenters. The van der Waals surface area contributed by atoms with Crippen LogP contribution in [0.2, 0.25) is 5.02 Å². The highest BCUT2D eigenvalue weighted by Crippen LogP contribution is 2.27. The number of hydrogen-bond donors (Lipinski definition) is 1. The molecule has 3 amide bonds. The summed E-state index contributed by atoms with van der Waals surface area (Å²) in [7, 11) is 0. The molecule has 0 radical (unpaired) electrons. The molecule has 1 unspecified atom stereocenters. The Hall–Kier alpha value is -2.71. The topological polar surface area (TPSA) is 66.5 Å². The van der Waals surface area contributed by atoms with E-state index >= 15 is 0 Å². The van der Waals surface area contributed by atoms with Crippen LogP contribution in [0, 0.1) is 3.57 Å². The van der Waals surface area contributed by atoms with Gasteiger partial charge in [-0.3, -0.25) is 19.3 Å². The highest BCUT2D eigenvalue weighted by molar-refractivity contribution is 14.1. The van der Waals surface area contributed by atoms with Gasteiger partial charge in [-0.05, 0) is 76.7 Å². The summed E-state index contributed by atoms with van der Waals surface area (Å²) in [6.45, 7) is 0. The second kappa shape index (κ2) is 8.57. The Balaban J connectivity index is 1.68. The van der Waals surface area contributed by atoms with Gasteiger partial charge in [0.1, 0.15) is 6.04 Å². The molecule has 0 bridgehead atoms. The third kappa shape index (κ3) is 4.11. The van der Waals surface area contributed by atoms with Crippen LogP contribution in [0.3, 0.4) is 0 Å². The van der Waals surface area contributed by atoms with E-state index < -0.39 is 23.8 Å². The smallest absolute Gasteiger partial charge is 0.262 e. The van der Waals surface area contributed by atoms with Crippen LogP contribution in [0.25, 0.3) is 0 Å². The van der Waals surface area contributed by atoms with E-state index in [1.807, 2.05) is 18.2 Å². The third-order valence-corrected chi connectivity index (χ3v) is 5.82. The van der Waals surface area contributed by atoms with Gasteiger partial charge in [0.25, 0.3) is 11.8 Å². The van der Waals surface area contributed by atoms with Crippen LogP contribution in [0.15, 0.2) is 72.8 Å². The van der Waals surface area contributed by atoms with Gasteiger partial charge >= 0.3 is 0 Å². The summed E-state index contributed by atoms with van der Waals surface area (Å²) in [5.74, 6) is -1.38. The van der Waals surface area contributed by atoms with Gasteiger partial charge in [0, 0.05) is 20.7 Å². The van der Waals surface area contributed by atoms with Gasteiger partial charge in [-0.2, -0.15) is 0 Å². The van der Waals surface area contributed by atoms with Crippen molar-refractivity contribution in [3.05, 3.63) is 98.1 Å². The zero-order valence-corrected chi connectivity index (χ0v) is 18.6. The lowest BCUT2D eigenvalue weighted by molar-refractivity contribution is -0.119. The van der Waals surface area contributed by atoms with Gasteiger partial charge in [0.2, 0.25) is 5.91 Å². The number of hydrogen-bond acceptors (Lipinski definition) is 3. The van der Waals surface area contributed by atoms with Gasteiger partial charge in [-0.25, -0.2) is 0 Å². The average molecular weight is 531 g/mol. The van der Waals surface area contributed by atoms with Crippen molar-refractivity contribution in [3.8, 4) is 0 Å². The van der Waals surface area contributed by atoms with Crippen LogP contribution in [0.1, 0.15) is 26.3 Å². The van der Waals surface area contributed by atoms with Gasteiger partial charge < -0.3 is 5.32 Å². The second-order valence-electron chi connectivity index (χ2n) is 6.87. The molecule has 0 spiro atoms. The minimum absolute atomic E-state index is 0.155. The minimum atomic E-state index is -1.02. The summed E-state index contributed by atoms with van der Waals surface area (Å²) >= 11 is 8.27. The Kier molecular flexibility index (Phi) is 5.87. The van der Waals surface area contributed by atoms with Gasteiger partial charge in [-0.1, -0.05) is 35.9 Å². The Morgan fingerprint density at radius 2 is 1.57 bits per heavy atom. The van der Waals surface area contributed by atoms with E-state index in [0.717, 1.165) is 14.0 Å². The predicted octanol–water partition coefficient (Wildman–Crippen LogP) is 4.79. The van der Waals surface area contributed by atoms with E-state index in [1.165, 1.54) is 0 Å². The fourth-order valence-electron chi connectivity index (χ4n) is 3.44. The summed E-state index contributed by atoms with van der Waals surface area (Å²) < 4.78 is 1.03. The number of rotatable bonds is 5. The number of benzene rings is 3. The molecule has 0 aliphatic carbocycles. The molecule has 0 saturated heterocycles. The molecule has 0 saturated carbocycles. The van der Waals surface area contributed by atoms with Crippen LogP contribution in [0.4, 0.5) is 5.69 Å². The van der Waals surface area contributed by atoms with Crippen LogP contribution in [-0.2, 0) is 11.2 Å².